The van der Waals surface area contributed by atoms with E-state index in [1.54, 1.807) is 31.5 Å². The molecule has 0 spiro atoms. The van der Waals surface area contributed by atoms with E-state index in [4.69, 9.17) is 9.47 Å². The summed E-state index contributed by atoms with van der Waals surface area (Å²) in [6.07, 6.45) is 5.56. The van der Waals surface area contributed by atoms with Gasteiger partial charge in [-0.05, 0) is 54.8 Å². The molecule has 1 fully saturated rings. The van der Waals surface area contributed by atoms with Crippen molar-refractivity contribution in [3.63, 3.8) is 0 Å². The number of halogens is 1. The number of rotatable bonds is 7. The minimum Gasteiger partial charge on any atom is -0.497 e. The highest BCUT2D eigenvalue weighted by atomic mass is 19.1. The first-order valence-corrected chi connectivity index (χ1v) is 11.0. The van der Waals surface area contributed by atoms with E-state index in [0.29, 0.717) is 30.8 Å². The van der Waals surface area contributed by atoms with Gasteiger partial charge in [0.2, 0.25) is 5.91 Å². The zero-order valence-corrected chi connectivity index (χ0v) is 18.4. The molecule has 172 valence electrons. The fourth-order valence-corrected chi connectivity index (χ4v) is 4.07. The summed E-state index contributed by atoms with van der Waals surface area (Å²) in [5.74, 6) is 0.0485. The number of hydrogen-bond acceptors (Lipinski definition) is 5. The Hall–Kier alpha value is -3.29. The molecule has 1 amide bonds. The molecule has 6 nitrogen and oxygen atoms in total. The van der Waals surface area contributed by atoms with Crippen molar-refractivity contribution in [2.45, 2.75) is 37.5 Å². The Morgan fingerprint density at radius 3 is 2.91 bits per heavy atom. The number of amides is 1. The van der Waals surface area contributed by atoms with Crippen LogP contribution in [0.4, 0.5) is 4.39 Å². The Labute approximate surface area is 192 Å². The molecule has 7 heteroatoms. The maximum absolute atomic E-state index is 13.7. The van der Waals surface area contributed by atoms with E-state index >= 15 is 0 Å². The van der Waals surface area contributed by atoms with Crippen LogP contribution < -0.4 is 10.1 Å². The molecule has 2 N–H and O–H groups in total. The van der Waals surface area contributed by atoms with Crippen molar-refractivity contribution in [1.82, 2.24) is 10.3 Å². The summed E-state index contributed by atoms with van der Waals surface area (Å²) in [5, 5.41) is 14.6. The third-order valence-corrected chi connectivity index (χ3v) is 5.86. The SMILES string of the molecule is COc1ccc2nccc(C(O)C[C@@H]3CC[C@@H](NC(=O)/C=C/c4ccccc4F)CO3)c2c1. The van der Waals surface area contributed by atoms with Crippen LogP contribution in [0, 0.1) is 5.82 Å². The second-order valence-electron chi connectivity index (χ2n) is 8.13. The third kappa shape index (κ3) is 5.74. The second kappa shape index (κ2) is 10.6. The first-order chi connectivity index (χ1) is 16.0. The summed E-state index contributed by atoms with van der Waals surface area (Å²) in [7, 11) is 1.61. The quantitative estimate of drug-likeness (QED) is 0.528. The Kier molecular flexibility index (Phi) is 7.32. The molecule has 33 heavy (non-hydrogen) atoms. The zero-order valence-electron chi connectivity index (χ0n) is 18.4. The van der Waals surface area contributed by atoms with Crippen LogP contribution in [0.25, 0.3) is 17.0 Å². The van der Waals surface area contributed by atoms with Gasteiger partial charge in [0.1, 0.15) is 11.6 Å². The number of carbonyl (C=O) groups excluding carboxylic acids is 1. The lowest BCUT2D eigenvalue weighted by Gasteiger charge is -2.30. The summed E-state index contributed by atoms with van der Waals surface area (Å²) < 4.78 is 24.9. The van der Waals surface area contributed by atoms with Crippen LogP contribution in [0.3, 0.4) is 0 Å². The van der Waals surface area contributed by atoms with Crippen molar-refractivity contribution in [3.8, 4) is 5.75 Å². The van der Waals surface area contributed by atoms with E-state index in [0.717, 1.165) is 22.9 Å². The summed E-state index contributed by atoms with van der Waals surface area (Å²) >= 11 is 0. The molecule has 2 heterocycles. The second-order valence-corrected chi connectivity index (χ2v) is 8.13. The number of methoxy groups -OCH3 is 1. The minimum absolute atomic E-state index is 0.115. The number of nitrogens with one attached hydrogen (secondary N) is 1. The van der Waals surface area contributed by atoms with E-state index in [2.05, 4.69) is 10.3 Å². The molecule has 0 radical (unpaired) electrons. The first kappa shape index (κ1) is 22.9. The molecule has 1 saturated heterocycles. The molecule has 3 aromatic rings. The molecule has 0 bridgehead atoms. The maximum Gasteiger partial charge on any atom is 0.244 e. The number of aliphatic hydroxyl groups is 1. The van der Waals surface area contributed by atoms with E-state index in [1.807, 2.05) is 24.3 Å². The van der Waals surface area contributed by atoms with Gasteiger partial charge < -0.3 is 19.9 Å². The van der Waals surface area contributed by atoms with Crippen LogP contribution in [0.2, 0.25) is 0 Å². The number of nitrogens with zero attached hydrogens (tertiary/aromatic N) is 1. The third-order valence-electron chi connectivity index (χ3n) is 5.86. The lowest BCUT2D eigenvalue weighted by molar-refractivity contribution is -0.118. The normalized spacial score (nSPS) is 19.5. The molecule has 1 aliphatic heterocycles. The molecular weight excluding hydrogens is 423 g/mol. The fourth-order valence-electron chi connectivity index (χ4n) is 4.07. The average molecular weight is 451 g/mol. The van der Waals surface area contributed by atoms with Crippen molar-refractivity contribution in [3.05, 3.63) is 77.7 Å². The predicted octanol–water partition coefficient (Wildman–Crippen LogP) is 4.18. The van der Waals surface area contributed by atoms with Crippen molar-refractivity contribution in [2.75, 3.05) is 13.7 Å². The number of fused-ring (bicyclic) bond motifs is 1. The Morgan fingerprint density at radius 2 is 2.15 bits per heavy atom. The van der Waals surface area contributed by atoms with Gasteiger partial charge in [0.25, 0.3) is 0 Å². The number of benzene rings is 2. The number of hydrogen-bond donors (Lipinski definition) is 2. The van der Waals surface area contributed by atoms with Gasteiger partial charge in [-0.25, -0.2) is 4.39 Å². The van der Waals surface area contributed by atoms with Gasteiger partial charge in [0.05, 0.1) is 37.5 Å². The lowest BCUT2D eigenvalue weighted by Crippen LogP contribution is -2.42. The van der Waals surface area contributed by atoms with Crippen LogP contribution in [-0.2, 0) is 9.53 Å². The molecule has 2 aromatic carbocycles. The van der Waals surface area contributed by atoms with E-state index in [1.165, 1.54) is 18.2 Å². The monoisotopic (exact) mass is 450 g/mol. The van der Waals surface area contributed by atoms with E-state index in [-0.39, 0.29) is 23.9 Å². The lowest BCUT2D eigenvalue weighted by atomic mass is 9.95. The van der Waals surface area contributed by atoms with Crippen molar-refractivity contribution < 1.29 is 23.8 Å². The standard InChI is InChI=1S/C26H27FN2O4/c1-32-19-9-10-24-22(14-19)21(12-13-28-24)25(30)15-20-8-7-18(16-33-20)29-26(31)11-6-17-4-2-3-5-23(17)27/h2-6,9-14,18,20,25,30H,7-8,15-16H2,1H3,(H,29,31)/b11-6+/t18-,20+,25?/m1/s1. The number of pyridine rings is 1. The number of carbonyl (C=O) groups is 1. The molecule has 0 saturated carbocycles. The highest BCUT2D eigenvalue weighted by Gasteiger charge is 2.25. The molecule has 3 atom stereocenters. The topological polar surface area (TPSA) is 80.7 Å². The minimum atomic E-state index is -0.706. The molecular formula is C26H27FN2O4. The van der Waals surface area contributed by atoms with Gasteiger partial charge in [-0.2, -0.15) is 0 Å². The average Bonchev–Trinajstić information content (AvgIpc) is 2.84. The summed E-state index contributed by atoms with van der Waals surface area (Å²) in [4.78, 5) is 16.5. The maximum atomic E-state index is 13.7. The summed E-state index contributed by atoms with van der Waals surface area (Å²) in [6, 6.07) is 13.6. The first-order valence-electron chi connectivity index (χ1n) is 11.0. The van der Waals surface area contributed by atoms with Gasteiger partial charge in [-0.1, -0.05) is 18.2 Å². The fraction of sp³-hybridized carbons (Fsp3) is 0.308. The van der Waals surface area contributed by atoms with E-state index < -0.39 is 6.10 Å². The van der Waals surface area contributed by atoms with Gasteiger partial charge in [-0.15, -0.1) is 0 Å². The molecule has 1 aliphatic rings. The molecule has 1 unspecified atom stereocenters. The largest absolute Gasteiger partial charge is 0.497 e. The van der Waals surface area contributed by atoms with Gasteiger partial charge >= 0.3 is 0 Å². The highest BCUT2D eigenvalue weighted by Crippen LogP contribution is 2.31. The Morgan fingerprint density at radius 1 is 1.30 bits per heavy atom. The van der Waals surface area contributed by atoms with Crippen molar-refractivity contribution >= 4 is 22.9 Å². The Balaban J connectivity index is 1.30. The zero-order chi connectivity index (χ0) is 23.2. The molecule has 0 aliphatic carbocycles. The summed E-state index contributed by atoms with van der Waals surface area (Å²) in [6.45, 7) is 0.363. The molecule has 1 aromatic heterocycles. The van der Waals surface area contributed by atoms with Crippen molar-refractivity contribution in [1.29, 1.82) is 0 Å². The number of aliphatic hydroxyl groups excluding tert-OH is 1. The van der Waals surface area contributed by atoms with Crippen LogP contribution in [0.1, 0.15) is 36.5 Å². The number of aromatic nitrogens is 1. The Bertz CT molecular complexity index is 1140. The van der Waals surface area contributed by atoms with Crippen LogP contribution in [-0.4, -0.2) is 41.9 Å². The van der Waals surface area contributed by atoms with Gasteiger partial charge in [-0.3, -0.25) is 9.78 Å². The predicted molar refractivity (Wildman–Crippen MR) is 124 cm³/mol. The molecule has 4 rings (SSSR count). The smallest absolute Gasteiger partial charge is 0.244 e. The number of ether oxygens (including phenoxy) is 2. The van der Waals surface area contributed by atoms with Crippen LogP contribution >= 0.6 is 0 Å². The van der Waals surface area contributed by atoms with E-state index in [9.17, 15) is 14.3 Å². The highest BCUT2D eigenvalue weighted by molar-refractivity contribution is 5.92. The van der Waals surface area contributed by atoms with Gasteiger partial charge in [0, 0.05) is 29.6 Å². The summed E-state index contributed by atoms with van der Waals surface area (Å²) in [5.41, 5.74) is 1.95. The van der Waals surface area contributed by atoms with Crippen LogP contribution in [0.15, 0.2) is 60.8 Å². The van der Waals surface area contributed by atoms with Crippen LogP contribution in [0.5, 0.6) is 5.75 Å². The van der Waals surface area contributed by atoms with Crippen molar-refractivity contribution in [2.24, 2.45) is 0 Å². The van der Waals surface area contributed by atoms with Gasteiger partial charge in [0.15, 0.2) is 0 Å².